The Hall–Kier alpha value is -1.32. The van der Waals surface area contributed by atoms with Crippen LogP contribution < -0.4 is 0 Å². The number of hydrogen-bond donors (Lipinski definition) is 0. The molecule has 102 valence electrons. The molecule has 0 fully saturated rings. The van der Waals surface area contributed by atoms with E-state index in [4.69, 9.17) is 11.6 Å². The van der Waals surface area contributed by atoms with Crippen molar-refractivity contribution < 1.29 is 0 Å². The van der Waals surface area contributed by atoms with Gasteiger partial charge in [-0.15, -0.1) is 11.6 Å². The van der Waals surface area contributed by atoms with Crippen molar-refractivity contribution in [3.63, 3.8) is 0 Å². The Morgan fingerprint density at radius 3 is 2.75 bits per heavy atom. The summed E-state index contributed by atoms with van der Waals surface area (Å²) in [5.74, 6) is 1.63. The summed E-state index contributed by atoms with van der Waals surface area (Å²) in [5.41, 5.74) is 3.44. The molecule has 0 radical (unpaired) electrons. The van der Waals surface area contributed by atoms with E-state index in [1.54, 1.807) is 0 Å². The maximum atomic E-state index is 5.90. The number of rotatable bonds is 4. The van der Waals surface area contributed by atoms with Crippen LogP contribution in [0.25, 0.3) is 11.0 Å². The van der Waals surface area contributed by atoms with Gasteiger partial charge in [0.25, 0.3) is 0 Å². The molecule has 0 saturated heterocycles. The van der Waals surface area contributed by atoms with Gasteiger partial charge < -0.3 is 4.57 Å². The molecular weight excluding hydrogens is 336 g/mol. The molecule has 0 unspecified atom stereocenters. The Morgan fingerprint density at radius 1 is 1.10 bits per heavy atom. The van der Waals surface area contributed by atoms with Gasteiger partial charge >= 0.3 is 0 Å². The van der Waals surface area contributed by atoms with Gasteiger partial charge in [-0.3, -0.25) is 0 Å². The van der Waals surface area contributed by atoms with E-state index < -0.39 is 0 Å². The fourth-order valence-electron chi connectivity index (χ4n) is 2.40. The molecule has 3 rings (SSSR count). The van der Waals surface area contributed by atoms with Crippen LogP contribution >= 0.6 is 27.5 Å². The first kappa shape index (κ1) is 13.7. The van der Waals surface area contributed by atoms with Gasteiger partial charge in [-0.05, 0) is 29.8 Å². The SMILES string of the molecule is ClCCc1nc2ccccc2n1Cc1cccc(Br)c1. The minimum absolute atomic E-state index is 0.585. The number of aromatic nitrogens is 2. The van der Waals surface area contributed by atoms with Crippen molar-refractivity contribution in [2.45, 2.75) is 13.0 Å². The van der Waals surface area contributed by atoms with Gasteiger partial charge in [-0.2, -0.15) is 0 Å². The van der Waals surface area contributed by atoms with Gasteiger partial charge in [0.1, 0.15) is 5.82 Å². The summed E-state index contributed by atoms with van der Waals surface area (Å²) < 4.78 is 3.35. The molecule has 0 saturated carbocycles. The topological polar surface area (TPSA) is 17.8 Å². The first-order valence-corrected chi connectivity index (χ1v) is 7.85. The van der Waals surface area contributed by atoms with Crippen molar-refractivity contribution in [2.75, 3.05) is 5.88 Å². The van der Waals surface area contributed by atoms with Crippen molar-refractivity contribution >= 4 is 38.6 Å². The standard InChI is InChI=1S/C16H14BrClN2/c17-13-5-3-4-12(10-13)11-20-15-7-2-1-6-14(15)19-16(20)8-9-18/h1-7,10H,8-9,11H2. The number of imidazole rings is 1. The molecule has 0 spiro atoms. The number of fused-ring (bicyclic) bond motifs is 1. The Balaban J connectivity index is 2.06. The second kappa shape index (κ2) is 5.98. The summed E-state index contributed by atoms with van der Waals surface area (Å²) in [6, 6.07) is 16.6. The molecular formula is C16H14BrClN2. The zero-order valence-corrected chi connectivity index (χ0v) is 13.2. The second-order valence-electron chi connectivity index (χ2n) is 4.67. The predicted octanol–water partition coefficient (Wildman–Crippen LogP) is 4.63. The van der Waals surface area contributed by atoms with Crippen LogP contribution in [0.4, 0.5) is 0 Å². The first-order chi connectivity index (χ1) is 9.78. The number of hydrogen-bond acceptors (Lipinski definition) is 1. The summed E-state index contributed by atoms with van der Waals surface area (Å²) >= 11 is 9.42. The molecule has 4 heteroatoms. The smallest absolute Gasteiger partial charge is 0.111 e. The van der Waals surface area contributed by atoms with Gasteiger partial charge in [-0.1, -0.05) is 40.2 Å². The molecule has 1 aromatic heterocycles. The highest BCUT2D eigenvalue weighted by Gasteiger charge is 2.10. The average molecular weight is 350 g/mol. The van der Waals surface area contributed by atoms with Gasteiger partial charge in [-0.25, -0.2) is 4.98 Å². The average Bonchev–Trinajstić information content (AvgIpc) is 2.78. The van der Waals surface area contributed by atoms with E-state index in [0.29, 0.717) is 5.88 Å². The fraction of sp³-hybridized carbons (Fsp3) is 0.188. The second-order valence-corrected chi connectivity index (χ2v) is 5.97. The Bertz CT molecular complexity index is 736. The van der Waals surface area contributed by atoms with Crippen LogP contribution in [0.1, 0.15) is 11.4 Å². The summed E-state index contributed by atoms with van der Waals surface area (Å²) in [6.07, 6.45) is 0.782. The minimum atomic E-state index is 0.585. The third-order valence-electron chi connectivity index (χ3n) is 3.28. The van der Waals surface area contributed by atoms with Crippen LogP contribution in [-0.2, 0) is 13.0 Å². The first-order valence-electron chi connectivity index (χ1n) is 6.52. The number of aryl methyl sites for hydroxylation is 1. The van der Waals surface area contributed by atoms with Gasteiger partial charge in [0, 0.05) is 23.3 Å². The molecule has 0 aliphatic heterocycles. The van der Waals surface area contributed by atoms with Crippen LogP contribution in [0.2, 0.25) is 0 Å². The number of benzene rings is 2. The molecule has 0 bridgehead atoms. The summed E-state index contributed by atoms with van der Waals surface area (Å²) in [7, 11) is 0. The molecule has 0 N–H and O–H groups in total. The van der Waals surface area contributed by atoms with Crippen LogP contribution in [0, 0.1) is 0 Å². The lowest BCUT2D eigenvalue weighted by molar-refractivity contribution is 0.754. The molecule has 20 heavy (non-hydrogen) atoms. The van der Waals surface area contributed by atoms with Crippen molar-refractivity contribution in [3.8, 4) is 0 Å². The fourth-order valence-corrected chi connectivity index (χ4v) is 3.01. The molecule has 0 atom stereocenters. The van der Waals surface area contributed by atoms with Crippen molar-refractivity contribution in [1.29, 1.82) is 0 Å². The molecule has 0 aliphatic rings. The van der Waals surface area contributed by atoms with Crippen LogP contribution in [-0.4, -0.2) is 15.4 Å². The molecule has 0 aliphatic carbocycles. The number of para-hydroxylation sites is 2. The summed E-state index contributed by atoms with van der Waals surface area (Å²) in [4.78, 5) is 4.69. The van der Waals surface area contributed by atoms with E-state index >= 15 is 0 Å². The van der Waals surface area contributed by atoms with Gasteiger partial charge in [0.05, 0.1) is 11.0 Å². The lowest BCUT2D eigenvalue weighted by atomic mass is 10.2. The normalized spacial score (nSPS) is 11.1. The predicted molar refractivity (Wildman–Crippen MR) is 87.4 cm³/mol. The van der Waals surface area contributed by atoms with E-state index in [0.717, 1.165) is 34.3 Å². The van der Waals surface area contributed by atoms with Gasteiger partial charge in [0.2, 0.25) is 0 Å². The van der Waals surface area contributed by atoms with E-state index in [9.17, 15) is 0 Å². The minimum Gasteiger partial charge on any atom is -0.323 e. The maximum absolute atomic E-state index is 5.90. The quantitative estimate of drug-likeness (QED) is 0.628. The van der Waals surface area contributed by atoms with E-state index in [-0.39, 0.29) is 0 Å². The van der Waals surface area contributed by atoms with Crippen molar-refractivity contribution in [2.24, 2.45) is 0 Å². The lowest BCUT2D eigenvalue weighted by Crippen LogP contribution is -2.06. The maximum Gasteiger partial charge on any atom is 0.111 e. The van der Waals surface area contributed by atoms with E-state index in [1.165, 1.54) is 5.56 Å². The van der Waals surface area contributed by atoms with Crippen molar-refractivity contribution in [1.82, 2.24) is 9.55 Å². The number of halogens is 2. The zero-order valence-electron chi connectivity index (χ0n) is 10.9. The third-order valence-corrected chi connectivity index (χ3v) is 3.96. The Kier molecular flexibility index (Phi) is 4.08. The van der Waals surface area contributed by atoms with Crippen LogP contribution in [0.3, 0.4) is 0 Å². The monoisotopic (exact) mass is 348 g/mol. The van der Waals surface area contributed by atoms with Crippen LogP contribution in [0.5, 0.6) is 0 Å². The largest absolute Gasteiger partial charge is 0.323 e. The highest BCUT2D eigenvalue weighted by Crippen LogP contribution is 2.20. The van der Waals surface area contributed by atoms with E-state index in [2.05, 4.69) is 49.7 Å². The van der Waals surface area contributed by atoms with Crippen LogP contribution in [0.15, 0.2) is 53.0 Å². The Labute approximate surface area is 131 Å². The molecule has 2 aromatic carbocycles. The highest BCUT2D eigenvalue weighted by atomic mass is 79.9. The molecule has 0 amide bonds. The Morgan fingerprint density at radius 2 is 1.95 bits per heavy atom. The van der Waals surface area contributed by atoms with Gasteiger partial charge in [0.15, 0.2) is 0 Å². The lowest BCUT2D eigenvalue weighted by Gasteiger charge is -2.09. The number of nitrogens with zero attached hydrogens (tertiary/aromatic N) is 2. The highest BCUT2D eigenvalue weighted by molar-refractivity contribution is 9.10. The molecule has 1 heterocycles. The third kappa shape index (κ3) is 2.74. The number of alkyl halides is 1. The van der Waals surface area contributed by atoms with E-state index in [1.807, 2.05) is 24.3 Å². The van der Waals surface area contributed by atoms with Crippen molar-refractivity contribution in [3.05, 3.63) is 64.4 Å². The summed E-state index contributed by atoms with van der Waals surface area (Å²) in [5, 5.41) is 0. The summed E-state index contributed by atoms with van der Waals surface area (Å²) in [6.45, 7) is 0.812. The zero-order chi connectivity index (χ0) is 13.9. The molecule has 3 aromatic rings. The molecule has 2 nitrogen and oxygen atoms in total.